The summed E-state index contributed by atoms with van der Waals surface area (Å²) in [5.74, 6) is 0.225. The van der Waals surface area contributed by atoms with Crippen molar-refractivity contribution in [3.8, 4) is 5.69 Å². The summed E-state index contributed by atoms with van der Waals surface area (Å²) in [6.07, 6.45) is 2.68. The molecule has 5 rings (SSSR count). The molecule has 1 aromatic heterocycles. The maximum atomic E-state index is 12.6. The zero-order valence-corrected chi connectivity index (χ0v) is 20.3. The van der Waals surface area contributed by atoms with Gasteiger partial charge in [-0.1, -0.05) is 32.9 Å². The Labute approximate surface area is 199 Å². The molecular formula is C24H28N6O3S. The molecule has 2 heterocycles. The zero-order valence-electron chi connectivity index (χ0n) is 19.4. The van der Waals surface area contributed by atoms with Crippen LogP contribution in [-0.4, -0.2) is 39.8 Å². The number of nitrogens with one attached hydrogen (secondary N) is 2. The highest BCUT2D eigenvalue weighted by Gasteiger charge is 2.38. The Bertz CT molecular complexity index is 1360. The predicted octanol–water partition coefficient (Wildman–Crippen LogP) is 3.18. The topological polar surface area (TPSA) is 119 Å². The largest absolute Gasteiger partial charge is 0.377 e. The normalized spacial score (nSPS) is 19.2. The van der Waals surface area contributed by atoms with Crippen LogP contribution in [0.2, 0.25) is 0 Å². The van der Waals surface area contributed by atoms with Crippen LogP contribution in [0.4, 0.5) is 5.69 Å². The molecule has 0 bridgehead atoms. The van der Waals surface area contributed by atoms with Crippen LogP contribution in [0, 0.1) is 5.41 Å². The van der Waals surface area contributed by atoms with E-state index >= 15 is 0 Å². The summed E-state index contributed by atoms with van der Waals surface area (Å²) in [5, 5.41) is 15.2. The lowest BCUT2D eigenvalue weighted by Gasteiger charge is -2.41. The van der Waals surface area contributed by atoms with Gasteiger partial charge in [0.25, 0.3) is 5.91 Å². The Morgan fingerprint density at radius 2 is 2.00 bits per heavy atom. The van der Waals surface area contributed by atoms with Crippen molar-refractivity contribution in [1.82, 2.24) is 24.9 Å². The van der Waals surface area contributed by atoms with Gasteiger partial charge in [0.2, 0.25) is 10.0 Å². The SMILES string of the molecule is CCc1nnnn1-c1cccc(C2Nc3ccc(C(=O)NS(=O)(=O)C4CC4)cc3CC2(C)C)c1. The molecule has 0 spiro atoms. The number of benzene rings is 2. The lowest BCUT2D eigenvalue weighted by molar-refractivity contribution is 0.0981. The van der Waals surface area contributed by atoms with E-state index in [0.29, 0.717) is 18.4 Å². The first kappa shape index (κ1) is 22.5. The molecule has 2 N–H and O–H groups in total. The fourth-order valence-corrected chi connectivity index (χ4v) is 5.91. The molecule has 0 saturated heterocycles. The summed E-state index contributed by atoms with van der Waals surface area (Å²) < 4.78 is 28.3. The van der Waals surface area contributed by atoms with Crippen LogP contribution in [0.25, 0.3) is 5.69 Å². The highest BCUT2D eigenvalue weighted by molar-refractivity contribution is 7.91. The predicted molar refractivity (Wildman–Crippen MR) is 128 cm³/mol. The van der Waals surface area contributed by atoms with E-state index in [2.05, 4.69) is 51.5 Å². The number of aromatic nitrogens is 4. The molecule has 34 heavy (non-hydrogen) atoms. The van der Waals surface area contributed by atoms with Crippen molar-refractivity contribution in [2.24, 2.45) is 5.41 Å². The molecule has 2 aliphatic rings. The molecule has 1 saturated carbocycles. The van der Waals surface area contributed by atoms with Gasteiger partial charge in [-0.2, -0.15) is 4.68 Å². The molecule has 1 aliphatic heterocycles. The standard InChI is InChI=1S/C24H28N6O3S/c1-4-21-26-28-29-30(21)18-7-5-6-15(13-18)22-24(2,3)14-17-12-16(8-11-20(17)25-22)23(31)27-34(32,33)19-9-10-19/h5-8,11-13,19,22,25H,4,9-10,14H2,1-3H3,(H,27,31). The molecule has 1 unspecified atom stereocenters. The van der Waals surface area contributed by atoms with E-state index in [0.717, 1.165) is 41.2 Å². The van der Waals surface area contributed by atoms with E-state index < -0.39 is 21.2 Å². The second-order valence-corrected chi connectivity index (χ2v) is 11.7. The van der Waals surface area contributed by atoms with Crippen molar-refractivity contribution < 1.29 is 13.2 Å². The summed E-state index contributed by atoms with van der Waals surface area (Å²) in [5.41, 5.74) is 4.13. The number of fused-ring (bicyclic) bond motifs is 1. The van der Waals surface area contributed by atoms with Gasteiger partial charge in [0.1, 0.15) is 0 Å². The number of tetrazole rings is 1. The third kappa shape index (κ3) is 4.18. The highest BCUT2D eigenvalue weighted by Crippen LogP contribution is 2.45. The average molecular weight is 481 g/mol. The van der Waals surface area contributed by atoms with Crippen molar-refractivity contribution in [1.29, 1.82) is 0 Å². The van der Waals surface area contributed by atoms with Crippen LogP contribution in [-0.2, 0) is 22.9 Å². The summed E-state index contributed by atoms with van der Waals surface area (Å²) in [6.45, 7) is 6.38. The van der Waals surface area contributed by atoms with Gasteiger partial charge >= 0.3 is 0 Å². The molecule has 1 amide bonds. The van der Waals surface area contributed by atoms with Gasteiger partial charge in [0.05, 0.1) is 17.0 Å². The monoisotopic (exact) mass is 480 g/mol. The molecule has 2 aromatic carbocycles. The Kier molecular flexibility index (Phi) is 5.43. The Balaban J connectivity index is 1.41. The second kappa shape index (κ2) is 8.19. The quantitative estimate of drug-likeness (QED) is 0.556. The minimum atomic E-state index is -3.58. The van der Waals surface area contributed by atoms with Crippen molar-refractivity contribution in [2.45, 2.75) is 57.7 Å². The molecular weight excluding hydrogens is 452 g/mol. The smallest absolute Gasteiger partial charge is 0.264 e. The molecule has 0 radical (unpaired) electrons. The number of rotatable bonds is 6. The van der Waals surface area contributed by atoms with Crippen molar-refractivity contribution in [2.75, 3.05) is 5.32 Å². The maximum absolute atomic E-state index is 12.6. The third-order valence-corrected chi connectivity index (χ3v) is 8.41. The van der Waals surface area contributed by atoms with E-state index in [9.17, 15) is 13.2 Å². The molecule has 1 fully saturated rings. The second-order valence-electron chi connectivity index (χ2n) is 9.75. The fraction of sp³-hybridized carbons (Fsp3) is 0.417. The van der Waals surface area contributed by atoms with Crippen molar-refractivity contribution in [3.63, 3.8) is 0 Å². The van der Waals surface area contributed by atoms with Crippen molar-refractivity contribution in [3.05, 3.63) is 65.0 Å². The maximum Gasteiger partial charge on any atom is 0.264 e. The zero-order chi connectivity index (χ0) is 24.1. The molecule has 178 valence electrons. The van der Waals surface area contributed by atoms with Gasteiger partial charge in [0, 0.05) is 17.7 Å². The summed E-state index contributed by atoms with van der Waals surface area (Å²) >= 11 is 0. The molecule has 1 atom stereocenters. The van der Waals surface area contributed by atoms with E-state index in [-0.39, 0.29) is 11.5 Å². The first-order chi connectivity index (χ1) is 16.2. The molecule has 9 nitrogen and oxygen atoms in total. The number of amides is 1. The molecule has 3 aromatic rings. The van der Waals surface area contributed by atoms with Gasteiger partial charge in [-0.05, 0) is 76.6 Å². The number of nitrogens with zero attached hydrogens (tertiary/aromatic N) is 4. The Morgan fingerprint density at radius 1 is 1.21 bits per heavy atom. The Morgan fingerprint density at radius 3 is 2.74 bits per heavy atom. The van der Waals surface area contributed by atoms with E-state index in [4.69, 9.17) is 0 Å². The number of aryl methyl sites for hydroxylation is 1. The Hall–Kier alpha value is -3.27. The highest BCUT2D eigenvalue weighted by atomic mass is 32.2. The summed E-state index contributed by atoms with van der Waals surface area (Å²) in [4.78, 5) is 12.6. The average Bonchev–Trinajstić information content (AvgIpc) is 3.56. The first-order valence-electron chi connectivity index (χ1n) is 11.5. The van der Waals surface area contributed by atoms with Gasteiger partial charge in [-0.25, -0.2) is 13.1 Å². The minimum absolute atomic E-state index is 0.0245. The van der Waals surface area contributed by atoms with Gasteiger partial charge in [0.15, 0.2) is 5.82 Å². The number of carbonyl (C=O) groups excluding carboxylic acids is 1. The van der Waals surface area contributed by atoms with Gasteiger partial charge in [-0.3, -0.25) is 4.79 Å². The van der Waals surface area contributed by atoms with Crippen molar-refractivity contribution >= 4 is 21.6 Å². The van der Waals surface area contributed by atoms with E-state index in [1.165, 1.54) is 0 Å². The van der Waals surface area contributed by atoms with Crippen LogP contribution in [0.1, 0.15) is 67.0 Å². The minimum Gasteiger partial charge on any atom is -0.377 e. The van der Waals surface area contributed by atoms with Gasteiger partial charge in [-0.15, -0.1) is 5.10 Å². The number of hydrogen-bond donors (Lipinski definition) is 2. The number of carbonyl (C=O) groups is 1. The van der Waals surface area contributed by atoms with Gasteiger partial charge < -0.3 is 5.32 Å². The molecule has 1 aliphatic carbocycles. The third-order valence-electron chi connectivity index (χ3n) is 6.59. The number of sulfonamides is 1. The lowest BCUT2D eigenvalue weighted by Crippen LogP contribution is -2.36. The van der Waals surface area contributed by atoms with Crippen LogP contribution < -0.4 is 10.0 Å². The summed E-state index contributed by atoms with van der Waals surface area (Å²) in [6, 6.07) is 13.5. The first-order valence-corrected chi connectivity index (χ1v) is 13.1. The van der Waals surface area contributed by atoms with Crippen LogP contribution in [0.5, 0.6) is 0 Å². The summed E-state index contributed by atoms with van der Waals surface area (Å²) in [7, 11) is -3.58. The van der Waals surface area contributed by atoms with E-state index in [1.54, 1.807) is 16.8 Å². The van der Waals surface area contributed by atoms with E-state index in [1.807, 2.05) is 25.1 Å². The number of anilines is 1. The van der Waals surface area contributed by atoms with Crippen LogP contribution >= 0.6 is 0 Å². The molecule has 10 heteroatoms. The fourth-order valence-electron chi connectivity index (χ4n) is 4.61. The number of hydrogen-bond acceptors (Lipinski definition) is 7. The van der Waals surface area contributed by atoms with Crippen LogP contribution in [0.3, 0.4) is 0 Å². The van der Waals surface area contributed by atoms with Crippen LogP contribution in [0.15, 0.2) is 42.5 Å². The lowest BCUT2D eigenvalue weighted by atomic mass is 9.72.